The molecule has 4 nitrogen and oxygen atoms in total. The molecule has 152 valence electrons. The quantitative estimate of drug-likeness (QED) is 0.512. The molecule has 2 aromatic rings. The average Bonchev–Trinajstić information content (AvgIpc) is 2.74. The van der Waals surface area contributed by atoms with E-state index in [4.69, 9.17) is 0 Å². The van der Waals surface area contributed by atoms with Crippen LogP contribution >= 0.6 is 0 Å². The van der Waals surface area contributed by atoms with Crippen LogP contribution < -0.4 is 5.32 Å². The molecule has 0 radical (unpaired) electrons. The van der Waals surface area contributed by atoms with Gasteiger partial charge in [0.25, 0.3) is 0 Å². The lowest BCUT2D eigenvalue weighted by Crippen LogP contribution is -2.23. The van der Waals surface area contributed by atoms with Gasteiger partial charge in [0.15, 0.2) is 0 Å². The molecular formula is C25H29NO3. The minimum Gasteiger partial charge on any atom is -0.389 e. The molecule has 0 fully saturated rings. The van der Waals surface area contributed by atoms with Crippen molar-refractivity contribution in [2.24, 2.45) is 0 Å². The third-order valence-electron chi connectivity index (χ3n) is 4.29. The lowest BCUT2D eigenvalue weighted by Gasteiger charge is -2.07. The zero-order valence-electron chi connectivity index (χ0n) is 16.5. The summed E-state index contributed by atoms with van der Waals surface area (Å²) >= 11 is 0. The number of rotatable bonds is 11. The van der Waals surface area contributed by atoms with E-state index < -0.39 is 12.2 Å². The Bertz CT molecular complexity index is 797. The average molecular weight is 392 g/mol. The lowest BCUT2D eigenvalue weighted by molar-refractivity contribution is -0.121. The molecule has 2 aromatic carbocycles. The Morgan fingerprint density at radius 3 is 1.97 bits per heavy atom. The van der Waals surface area contributed by atoms with Gasteiger partial charge in [0.2, 0.25) is 5.91 Å². The normalized spacial score (nSPS) is 13.9. The van der Waals surface area contributed by atoms with Gasteiger partial charge >= 0.3 is 0 Å². The summed E-state index contributed by atoms with van der Waals surface area (Å²) in [5.41, 5.74) is 2.14. The SMILES string of the molecule is O=C(CCC(O)/C=C/C=C/C=C/C(O)Cc1ccccc1)NCc1ccccc1. The minimum absolute atomic E-state index is 0.0767. The van der Waals surface area contributed by atoms with Crippen molar-refractivity contribution >= 4 is 5.91 Å². The molecule has 0 heterocycles. The fraction of sp³-hybridized carbons (Fsp3) is 0.240. The molecule has 0 aliphatic rings. The highest BCUT2D eigenvalue weighted by Crippen LogP contribution is 2.04. The third kappa shape index (κ3) is 10.2. The van der Waals surface area contributed by atoms with Crippen LogP contribution in [0.4, 0.5) is 0 Å². The van der Waals surface area contributed by atoms with Crippen molar-refractivity contribution in [2.75, 3.05) is 0 Å². The number of nitrogens with one attached hydrogen (secondary N) is 1. The molecule has 0 aliphatic heterocycles. The summed E-state index contributed by atoms with van der Waals surface area (Å²) in [5.74, 6) is -0.0767. The summed E-state index contributed by atoms with van der Waals surface area (Å²) < 4.78 is 0. The second-order valence-electron chi connectivity index (χ2n) is 6.78. The van der Waals surface area contributed by atoms with E-state index in [1.807, 2.05) is 60.7 Å². The van der Waals surface area contributed by atoms with Crippen LogP contribution in [0.15, 0.2) is 97.1 Å². The van der Waals surface area contributed by atoms with Crippen LogP contribution in [-0.4, -0.2) is 28.3 Å². The van der Waals surface area contributed by atoms with Gasteiger partial charge in [-0.2, -0.15) is 0 Å². The Morgan fingerprint density at radius 2 is 1.34 bits per heavy atom. The molecule has 4 heteroatoms. The molecule has 3 N–H and O–H groups in total. The highest BCUT2D eigenvalue weighted by Gasteiger charge is 2.05. The number of allylic oxidation sites excluding steroid dienone is 4. The van der Waals surface area contributed by atoms with E-state index in [0.717, 1.165) is 11.1 Å². The predicted molar refractivity (Wildman–Crippen MR) is 117 cm³/mol. The molecule has 0 spiro atoms. The molecule has 0 saturated carbocycles. The van der Waals surface area contributed by atoms with Gasteiger partial charge in [0.1, 0.15) is 0 Å². The van der Waals surface area contributed by atoms with Crippen LogP contribution in [0.2, 0.25) is 0 Å². The van der Waals surface area contributed by atoms with Gasteiger partial charge in [-0.25, -0.2) is 0 Å². The van der Waals surface area contributed by atoms with Crippen molar-refractivity contribution in [1.82, 2.24) is 5.32 Å². The lowest BCUT2D eigenvalue weighted by atomic mass is 10.1. The summed E-state index contributed by atoms with van der Waals surface area (Å²) in [6.45, 7) is 0.497. The Morgan fingerprint density at radius 1 is 0.793 bits per heavy atom. The zero-order valence-corrected chi connectivity index (χ0v) is 16.5. The molecule has 0 saturated heterocycles. The van der Waals surface area contributed by atoms with E-state index in [1.165, 1.54) is 0 Å². The first-order valence-corrected chi connectivity index (χ1v) is 9.86. The topological polar surface area (TPSA) is 69.6 Å². The summed E-state index contributed by atoms with van der Waals surface area (Å²) in [7, 11) is 0. The van der Waals surface area contributed by atoms with E-state index in [9.17, 15) is 15.0 Å². The molecule has 2 atom stereocenters. The third-order valence-corrected chi connectivity index (χ3v) is 4.29. The number of aliphatic hydroxyl groups excluding tert-OH is 2. The number of amides is 1. The molecule has 2 rings (SSSR count). The maximum Gasteiger partial charge on any atom is 0.220 e. The Kier molecular flexibility index (Phi) is 10.2. The van der Waals surface area contributed by atoms with Gasteiger partial charge in [0, 0.05) is 19.4 Å². The molecule has 1 amide bonds. The molecule has 0 bridgehead atoms. The highest BCUT2D eigenvalue weighted by atomic mass is 16.3. The van der Waals surface area contributed by atoms with Gasteiger partial charge in [-0.3, -0.25) is 4.79 Å². The Hall–Kier alpha value is -2.95. The maximum absolute atomic E-state index is 11.8. The number of hydrogen-bond acceptors (Lipinski definition) is 3. The summed E-state index contributed by atoms with van der Waals surface area (Å²) in [5, 5.41) is 22.7. The number of hydrogen-bond donors (Lipinski definition) is 3. The van der Waals surface area contributed by atoms with E-state index in [2.05, 4.69) is 5.32 Å². The van der Waals surface area contributed by atoms with Crippen molar-refractivity contribution in [1.29, 1.82) is 0 Å². The van der Waals surface area contributed by atoms with Crippen LogP contribution in [-0.2, 0) is 17.8 Å². The Labute approximate surface area is 172 Å². The van der Waals surface area contributed by atoms with E-state index >= 15 is 0 Å². The number of carbonyl (C=O) groups is 1. The molecule has 0 aromatic heterocycles. The number of carbonyl (C=O) groups excluding carboxylic acids is 1. The van der Waals surface area contributed by atoms with Gasteiger partial charge < -0.3 is 15.5 Å². The van der Waals surface area contributed by atoms with Crippen molar-refractivity contribution in [3.05, 3.63) is 108 Å². The number of benzene rings is 2. The molecule has 0 aliphatic carbocycles. The van der Waals surface area contributed by atoms with Crippen molar-refractivity contribution in [2.45, 2.75) is 38.0 Å². The molecule has 2 unspecified atom stereocenters. The smallest absolute Gasteiger partial charge is 0.220 e. The first kappa shape index (κ1) is 22.3. The van der Waals surface area contributed by atoms with Crippen LogP contribution in [0.5, 0.6) is 0 Å². The summed E-state index contributed by atoms with van der Waals surface area (Å²) in [4.78, 5) is 11.8. The highest BCUT2D eigenvalue weighted by molar-refractivity contribution is 5.75. The second kappa shape index (κ2) is 13.3. The fourth-order valence-corrected chi connectivity index (χ4v) is 2.70. The largest absolute Gasteiger partial charge is 0.389 e. The van der Waals surface area contributed by atoms with Gasteiger partial charge in [-0.05, 0) is 17.5 Å². The van der Waals surface area contributed by atoms with E-state index in [0.29, 0.717) is 19.4 Å². The van der Waals surface area contributed by atoms with Crippen molar-refractivity contribution in [3.8, 4) is 0 Å². The Balaban J connectivity index is 1.60. The van der Waals surface area contributed by atoms with Gasteiger partial charge in [-0.15, -0.1) is 0 Å². The molecular weight excluding hydrogens is 362 g/mol. The van der Waals surface area contributed by atoms with E-state index in [1.54, 1.807) is 36.5 Å². The standard InChI is InChI=1S/C25H29NO3/c27-23(17-18-25(29)26-20-22-13-7-4-8-14-22)15-9-1-2-10-16-24(28)19-21-11-5-3-6-12-21/h1-16,23-24,27-28H,17-20H2,(H,26,29)/b2-1+,15-9+,16-10+. The summed E-state index contributed by atoms with van der Waals surface area (Å²) in [6, 6.07) is 19.5. The molecule has 29 heavy (non-hydrogen) atoms. The maximum atomic E-state index is 11.8. The predicted octanol–water partition coefficient (Wildman–Crippen LogP) is 3.72. The van der Waals surface area contributed by atoms with Crippen LogP contribution in [0.3, 0.4) is 0 Å². The van der Waals surface area contributed by atoms with Gasteiger partial charge in [0.05, 0.1) is 12.2 Å². The minimum atomic E-state index is -0.672. The van der Waals surface area contributed by atoms with Gasteiger partial charge in [-0.1, -0.05) is 97.1 Å². The number of aliphatic hydroxyl groups is 2. The van der Waals surface area contributed by atoms with Crippen molar-refractivity contribution < 1.29 is 15.0 Å². The first-order chi connectivity index (χ1) is 14.1. The fourth-order valence-electron chi connectivity index (χ4n) is 2.70. The second-order valence-corrected chi connectivity index (χ2v) is 6.78. The van der Waals surface area contributed by atoms with Crippen LogP contribution in [0.1, 0.15) is 24.0 Å². The zero-order chi connectivity index (χ0) is 20.7. The first-order valence-electron chi connectivity index (χ1n) is 9.86. The van der Waals surface area contributed by atoms with Crippen LogP contribution in [0, 0.1) is 0 Å². The van der Waals surface area contributed by atoms with Crippen LogP contribution in [0.25, 0.3) is 0 Å². The van der Waals surface area contributed by atoms with Crippen molar-refractivity contribution in [3.63, 3.8) is 0 Å². The monoisotopic (exact) mass is 391 g/mol. The van der Waals surface area contributed by atoms with E-state index in [-0.39, 0.29) is 12.3 Å². The summed E-state index contributed by atoms with van der Waals surface area (Å²) in [6.07, 6.45) is 10.5.